The van der Waals surface area contributed by atoms with Gasteiger partial charge in [0.05, 0.1) is 19.3 Å². The topological polar surface area (TPSA) is 56.8 Å². The fraction of sp³-hybridized carbons (Fsp3) is 0.417. The highest BCUT2D eigenvalue weighted by molar-refractivity contribution is 6.00. The molecule has 1 aromatic carbocycles. The number of fused-ring (bicyclic) bond motifs is 1. The van der Waals surface area contributed by atoms with Crippen LogP contribution in [0.25, 0.3) is 0 Å². The normalized spacial score (nSPS) is 22.5. The van der Waals surface area contributed by atoms with E-state index in [9.17, 15) is 4.79 Å². The molecular formula is C12H13NO4. The first-order valence-corrected chi connectivity index (χ1v) is 5.59. The molecule has 2 aliphatic rings. The number of Topliss-reactive ketones (excluding diaryl/α,β-unsaturated/α-hetero) is 1. The molecule has 0 aromatic heterocycles. The highest BCUT2D eigenvalue weighted by Crippen LogP contribution is 2.32. The van der Waals surface area contributed by atoms with Gasteiger partial charge in [-0.25, -0.2) is 0 Å². The molecule has 0 aliphatic carbocycles. The van der Waals surface area contributed by atoms with Crippen molar-refractivity contribution in [2.75, 3.05) is 26.6 Å². The number of nitrogens with one attached hydrogen (secondary N) is 1. The van der Waals surface area contributed by atoms with Crippen molar-refractivity contribution in [2.45, 2.75) is 6.04 Å². The number of hydrogen-bond donors (Lipinski definition) is 1. The van der Waals surface area contributed by atoms with E-state index in [2.05, 4.69) is 5.32 Å². The molecule has 0 bridgehead atoms. The number of ether oxygens (including phenoxy) is 3. The molecule has 0 amide bonds. The van der Waals surface area contributed by atoms with Crippen molar-refractivity contribution in [2.24, 2.45) is 0 Å². The molecule has 0 spiro atoms. The van der Waals surface area contributed by atoms with E-state index in [0.717, 1.165) is 0 Å². The number of benzene rings is 1. The van der Waals surface area contributed by atoms with Gasteiger partial charge in [-0.2, -0.15) is 0 Å². The van der Waals surface area contributed by atoms with Crippen molar-refractivity contribution in [1.82, 2.24) is 5.32 Å². The number of rotatable bonds is 2. The standard InChI is InChI=1S/C12H13NO4/c14-12(9-6-15-4-3-13-9)8-1-2-10-11(5-8)17-7-16-10/h1-2,5,9,13H,3-4,6-7H2. The van der Waals surface area contributed by atoms with Crippen LogP contribution in [0.5, 0.6) is 11.5 Å². The molecule has 90 valence electrons. The molecule has 1 atom stereocenters. The van der Waals surface area contributed by atoms with Crippen LogP contribution in [-0.4, -0.2) is 38.4 Å². The molecule has 0 radical (unpaired) electrons. The van der Waals surface area contributed by atoms with Crippen LogP contribution in [0.2, 0.25) is 0 Å². The summed E-state index contributed by atoms with van der Waals surface area (Å²) < 4.78 is 15.7. The summed E-state index contributed by atoms with van der Waals surface area (Å²) in [4.78, 5) is 12.2. The molecular weight excluding hydrogens is 222 g/mol. The monoisotopic (exact) mass is 235 g/mol. The molecule has 1 N–H and O–H groups in total. The second kappa shape index (κ2) is 4.35. The Morgan fingerprint density at radius 1 is 1.29 bits per heavy atom. The SMILES string of the molecule is O=C(c1ccc2c(c1)OCO2)C1COCCN1. The van der Waals surface area contributed by atoms with Gasteiger partial charge in [0.15, 0.2) is 17.3 Å². The third kappa shape index (κ3) is 1.99. The minimum absolute atomic E-state index is 0.0306. The van der Waals surface area contributed by atoms with Gasteiger partial charge in [0.25, 0.3) is 0 Å². The second-order valence-electron chi connectivity index (χ2n) is 4.01. The summed E-state index contributed by atoms with van der Waals surface area (Å²) in [5, 5.41) is 3.14. The number of ketones is 1. The summed E-state index contributed by atoms with van der Waals surface area (Å²) in [7, 11) is 0. The van der Waals surface area contributed by atoms with Crippen LogP contribution in [0, 0.1) is 0 Å². The zero-order valence-electron chi connectivity index (χ0n) is 9.27. The predicted molar refractivity (Wildman–Crippen MR) is 59.5 cm³/mol. The number of hydrogen-bond acceptors (Lipinski definition) is 5. The molecule has 3 rings (SSSR count). The maximum Gasteiger partial charge on any atom is 0.231 e. The van der Waals surface area contributed by atoms with E-state index >= 15 is 0 Å². The molecule has 2 heterocycles. The average molecular weight is 235 g/mol. The first-order chi connectivity index (χ1) is 8.34. The van der Waals surface area contributed by atoms with E-state index in [0.29, 0.717) is 36.8 Å². The van der Waals surface area contributed by atoms with Crippen molar-refractivity contribution in [3.63, 3.8) is 0 Å². The van der Waals surface area contributed by atoms with Gasteiger partial charge in [-0.15, -0.1) is 0 Å². The summed E-state index contributed by atoms with van der Waals surface area (Å²) in [5.41, 5.74) is 0.622. The molecule has 2 aliphatic heterocycles. The molecule has 0 saturated carbocycles. The van der Waals surface area contributed by atoms with E-state index < -0.39 is 0 Å². The van der Waals surface area contributed by atoms with Gasteiger partial charge < -0.3 is 19.5 Å². The number of carbonyl (C=O) groups is 1. The van der Waals surface area contributed by atoms with E-state index in [-0.39, 0.29) is 18.6 Å². The molecule has 1 saturated heterocycles. The van der Waals surface area contributed by atoms with Crippen LogP contribution >= 0.6 is 0 Å². The number of morpholine rings is 1. The summed E-state index contributed by atoms with van der Waals surface area (Å²) in [6, 6.07) is 4.98. The maximum atomic E-state index is 12.2. The Morgan fingerprint density at radius 2 is 2.18 bits per heavy atom. The van der Waals surface area contributed by atoms with Crippen molar-refractivity contribution < 1.29 is 19.0 Å². The number of carbonyl (C=O) groups excluding carboxylic acids is 1. The van der Waals surface area contributed by atoms with Gasteiger partial charge in [0.1, 0.15) is 0 Å². The lowest BCUT2D eigenvalue weighted by Crippen LogP contribution is -2.46. The van der Waals surface area contributed by atoms with Gasteiger partial charge in [-0.05, 0) is 18.2 Å². The molecule has 5 nitrogen and oxygen atoms in total. The second-order valence-corrected chi connectivity index (χ2v) is 4.01. The third-order valence-corrected chi connectivity index (χ3v) is 2.90. The maximum absolute atomic E-state index is 12.2. The van der Waals surface area contributed by atoms with E-state index in [1.807, 2.05) is 0 Å². The van der Waals surface area contributed by atoms with Crippen LogP contribution < -0.4 is 14.8 Å². The molecule has 17 heavy (non-hydrogen) atoms. The Bertz CT molecular complexity index is 440. The Morgan fingerprint density at radius 3 is 3.00 bits per heavy atom. The smallest absolute Gasteiger partial charge is 0.231 e. The van der Waals surface area contributed by atoms with E-state index in [1.165, 1.54) is 0 Å². The Labute approximate surface area is 98.7 Å². The summed E-state index contributed by atoms with van der Waals surface area (Å²) in [5.74, 6) is 1.35. The molecule has 1 fully saturated rings. The zero-order valence-corrected chi connectivity index (χ0v) is 9.27. The molecule has 1 unspecified atom stereocenters. The molecule has 5 heteroatoms. The van der Waals surface area contributed by atoms with Gasteiger partial charge in [0, 0.05) is 12.1 Å². The quantitative estimate of drug-likeness (QED) is 0.760. The Balaban J connectivity index is 1.81. The van der Waals surface area contributed by atoms with Gasteiger partial charge in [0.2, 0.25) is 6.79 Å². The third-order valence-electron chi connectivity index (χ3n) is 2.90. The predicted octanol–water partition coefficient (Wildman–Crippen LogP) is 0.586. The van der Waals surface area contributed by atoms with Gasteiger partial charge in [-0.3, -0.25) is 4.79 Å². The lowest BCUT2D eigenvalue weighted by atomic mass is 10.0. The minimum Gasteiger partial charge on any atom is -0.454 e. The highest BCUT2D eigenvalue weighted by atomic mass is 16.7. The van der Waals surface area contributed by atoms with Gasteiger partial charge in [-0.1, -0.05) is 0 Å². The van der Waals surface area contributed by atoms with Crippen LogP contribution in [0.1, 0.15) is 10.4 Å². The van der Waals surface area contributed by atoms with E-state index in [4.69, 9.17) is 14.2 Å². The van der Waals surface area contributed by atoms with Crippen molar-refractivity contribution >= 4 is 5.78 Å². The fourth-order valence-electron chi connectivity index (χ4n) is 1.98. The lowest BCUT2D eigenvalue weighted by molar-refractivity contribution is 0.0607. The van der Waals surface area contributed by atoms with Crippen LogP contribution in [0.15, 0.2) is 18.2 Å². The summed E-state index contributed by atoms with van der Waals surface area (Å²) in [6.07, 6.45) is 0. The first-order valence-electron chi connectivity index (χ1n) is 5.59. The fourth-order valence-corrected chi connectivity index (χ4v) is 1.98. The minimum atomic E-state index is -0.260. The van der Waals surface area contributed by atoms with Crippen LogP contribution in [-0.2, 0) is 4.74 Å². The van der Waals surface area contributed by atoms with Gasteiger partial charge >= 0.3 is 0 Å². The summed E-state index contributed by atoms with van der Waals surface area (Å²) in [6.45, 7) is 2.01. The van der Waals surface area contributed by atoms with Crippen LogP contribution in [0.4, 0.5) is 0 Å². The molecule has 1 aromatic rings. The largest absolute Gasteiger partial charge is 0.454 e. The zero-order chi connectivity index (χ0) is 11.7. The van der Waals surface area contributed by atoms with Crippen LogP contribution in [0.3, 0.4) is 0 Å². The Hall–Kier alpha value is -1.59. The highest BCUT2D eigenvalue weighted by Gasteiger charge is 2.24. The summed E-state index contributed by atoms with van der Waals surface area (Å²) >= 11 is 0. The van der Waals surface area contributed by atoms with Crippen molar-refractivity contribution in [3.05, 3.63) is 23.8 Å². The lowest BCUT2D eigenvalue weighted by Gasteiger charge is -2.22. The van der Waals surface area contributed by atoms with E-state index in [1.54, 1.807) is 18.2 Å². The average Bonchev–Trinajstić information content (AvgIpc) is 2.86. The van der Waals surface area contributed by atoms with Crippen molar-refractivity contribution in [3.8, 4) is 11.5 Å². The Kier molecular flexibility index (Phi) is 2.70. The first kappa shape index (κ1) is 10.6. The van der Waals surface area contributed by atoms with Crippen molar-refractivity contribution in [1.29, 1.82) is 0 Å².